The van der Waals surface area contributed by atoms with E-state index >= 15 is 0 Å². The molecule has 0 spiro atoms. The number of rotatable bonds is 3. The van der Waals surface area contributed by atoms with Gasteiger partial charge in [-0.05, 0) is 37.7 Å². The number of ether oxygens (including phenoxy) is 1. The number of amides is 1. The summed E-state index contributed by atoms with van der Waals surface area (Å²) in [4.78, 5) is 23.8. The Hall–Kier alpha value is -1.49. The van der Waals surface area contributed by atoms with Crippen LogP contribution < -0.4 is 5.32 Å². The lowest BCUT2D eigenvalue weighted by Crippen LogP contribution is -2.24. The highest BCUT2D eigenvalue weighted by Crippen LogP contribution is 2.28. The molecule has 1 atom stereocenters. The molecule has 1 heterocycles. The molecule has 1 aromatic rings. The third-order valence-corrected chi connectivity index (χ3v) is 4.44. The summed E-state index contributed by atoms with van der Waals surface area (Å²) in [5.41, 5.74) is 1.88. The van der Waals surface area contributed by atoms with Gasteiger partial charge in [-0.15, -0.1) is 11.8 Å². The van der Waals surface area contributed by atoms with E-state index in [9.17, 15) is 9.59 Å². The molecule has 5 heteroatoms. The van der Waals surface area contributed by atoms with Crippen molar-refractivity contribution < 1.29 is 14.3 Å². The average Bonchev–Trinajstić information content (AvgIpc) is 2.94. The number of methoxy groups -OCH3 is 1. The smallest absolute Gasteiger partial charge is 0.339 e. The Morgan fingerprint density at radius 3 is 2.84 bits per heavy atom. The van der Waals surface area contributed by atoms with Crippen LogP contribution in [0.4, 0.5) is 5.69 Å². The first-order valence-electron chi connectivity index (χ1n) is 6.23. The van der Waals surface area contributed by atoms with Gasteiger partial charge in [0.05, 0.1) is 23.6 Å². The molecule has 0 aliphatic carbocycles. The lowest BCUT2D eigenvalue weighted by atomic mass is 10.1. The normalized spacial score (nSPS) is 18.1. The van der Waals surface area contributed by atoms with Crippen LogP contribution in [0.3, 0.4) is 0 Å². The Labute approximate surface area is 116 Å². The van der Waals surface area contributed by atoms with Crippen molar-refractivity contribution in [2.24, 2.45) is 0 Å². The number of hydrogen-bond donors (Lipinski definition) is 1. The van der Waals surface area contributed by atoms with Gasteiger partial charge in [0, 0.05) is 0 Å². The van der Waals surface area contributed by atoms with Crippen LogP contribution in [0.15, 0.2) is 18.2 Å². The third kappa shape index (κ3) is 3.29. The highest BCUT2D eigenvalue weighted by atomic mass is 32.2. The summed E-state index contributed by atoms with van der Waals surface area (Å²) in [5.74, 6) is 0.560. The first kappa shape index (κ1) is 13.9. The number of hydrogen-bond acceptors (Lipinski definition) is 4. The summed E-state index contributed by atoms with van der Waals surface area (Å²) in [7, 11) is 1.34. The van der Waals surface area contributed by atoms with Gasteiger partial charge in [0.2, 0.25) is 5.91 Å². The fraction of sp³-hybridized carbons (Fsp3) is 0.429. The lowest BCUT2D eigenvalue weighted by Gasteiger charge is -2.13. The molecule has 102 valence electrons. The number of esters is 1. The molecule has 1 fully saturated rings. The summed E-state index contributed by atoms with van der Waals surface area (Å²) in [5, 5.41) is 2.83. The molecule has 0 radical (unpaired) electrons. The van der Waals surface area contributed by atoms with Crippen LogP contribution in [-0.4, -0.2) is 30.0 Å². The number of carbonyl (C=O) groups is 2. The van der Waals surface area contributed by atoms with Crippen molar-refractivity contribution in [2.75, 3.05) is 18.2 Å². The van der Waals surface area contributed by atoms with E-state index in [2.05, 4.69) is 5.32 Å². The predicted octanol–water partition coefficient (Wildman–Crippen LogP) is 2.62. The third-order valence-electron chi connectivity index (χ3n) is 3.06. The van der Waals surface area contributed by atoms with Crippen molar-refractivity contribution in [3.63, 3.8) is 0 Å². The molecule has 19 heavy (non-hydrogen) atoms. The van der Waals surface area contributed by atoms with Gasteiger partial charge in [-0.1, -0.05) is 11.6 Å². The van der Waals surface area contributed by atoms with E-state index in [0.717, 1.165) is 24.2 Å². The highest BCUT2D eigenvalue weighted by Gasteiger charge is 2.24. The number of carbonyl (C=O) groups excluding carboxylic acids is 2. The minimum atomic E-state index is -0.432. The van der Waals surface area contributed by atoms with E-state index < -0.39 is 5.97 Å². The van der Waals surface area contributed by atoms with Crippen LogP contribution in [0.25, 0.3) is 0 Å². The van der Waals surface area contributed by atoms with Crippen LogP contribution in [0, 0.1) is 6.92 Å². The van der Waals surface area contributed by atoms with Gasteiger partial charge in [0.1, 0.15) is 0 Å². The summed E-state index contributed by atoms with van der Waals surface area (Å²) in [6.45, 7) is 1.89. The maximum Gasteiger partial charge on any atom is 0.339 e. The van der Waals surface area contributed by atoms with E-state index in [4.69, 9.17) is 4.74 Å². The highest BCUT2D eigenvalue weighted by molar-refractivity contribution is 8.00. The largest absolute Gasteiger partial charge is 0.465 e. The fourth-order valence-corrected chi connectivity index (χ4v) is 3.21. The molecule has 0 bridgehead atoms. The van der Waals surface area contributed by atoms with Crippen molar-refractivity contribution in [2.45, 2.75) is 25.0 Å². The van der Waals surface area contributed by atoms with Gasteiger partial charge in [-0.2, -0.15) is 0 Å². The number of aryl methyl sites for hydroxylation is 1. The second kappa shape index (κ2) is 6.10. The fourth-order valence-electron chi connectivity index (χ4n) is 2.04. The van der Waals surface area contributed by atoms with Gasteiger partial charge in [-0.3, -0.25) is 4.79 Å². The zero-order valence-electron chi connectivity index (χ0n) is 11.1. The maximum atomic E-state index is 12.1. The van der Waals surface area contributed by atoms with Crippen molar-refractivity contribution >= 4 is 29.3 Å². The Morgan fingerprint density at radius 1 is 1.42 bits per heavy atom. The Kier molecular flexibility index (Phi) is 4.47. The van der Waals surface area contributed by atoms with Gasteiger partial charge < -0.3 is 10.1 Å². The summed E-state index contributed by atoms with van der Waals surface area (Å²) in [6, 6.07) is 5.34. The maximum absolute atomic E-state index is 12.1. The van der Waals surface area contributed by atoms with Gasteiger partial charge in [0.25, 0.3) is 0 Å². The molecule has 1 saturated heterocycles. The molecule has 4 nitrogen and oxygen atoms in total. The number of anilines is 1. The quantitative estimate of drug-likeness (QED) is 0.864. The van der Waals surface area contributed by atoms with Gasteiger partial charge in [-0.25, -0.2) is 4.79 Å². The topological polar surface area (TPSA) is 55.4 Å². The summed E-state index contributed by atoms with van der Waals surface area (Å²) < 4.78 is 4.74. The van der Waals surface area contributed by atoms with Crippen molar-refractivity contribution in [3.05, 3.63) is 29.3 Å². The van der Waals surface area contributed by atoms with Gasteiger partial charge in [0.15, 0.2) is 0 Å². The average molecular weight is 279 g/mol. The second-order valence-electron chi connectivity index (χ2n) is 4.53. The zero-order valence-corrected chi connectivity index (χ0v) is 11.9. The first-order chi connectivity index (χ1) is 9.11. The molecule has 1 aliphatic rings. The molecule has 1 aliphatic heterocycles. The second-order valence-corrected chi connectivity index (χ2v) is 5.84. The molecule has 0 aromatic heterocycles. The van der Waals surface area contributed by atoms with Crippen molar-refractivity contribution in [1.29, 1.82) is 0 Å². The number of thioether (sulfide) groups is 1. The number of nitrogens with one attached hydrogen (secondary N) is 1. The van der Waals surface area contributed by atoms with Crippen molar-refractivity contribution in [1.82, 2.24) is 0 Å². The van der Waals surface area contributed by atoms with Crippen LogP contribution >= 0.6 is 11.8 Å². The monoisotopic (exact) mass is 279 g/mol. The van der Waals surface area contributed by atoms with E-state index in [0.29, 0.717) is 11.3 Å². The van der Waals surface area contributed by atoms with Crippen molar-refractivity contribution in [3.8, 4) is 0 Å². The van der Waals surface area contributed by atoms with E-state index in [-0.39, 0.29) is 11.2 Å². The molecule has 2 rings (SSSR count). The Bertz CT molecular complexity index is 495. The SMILES string of the molecule is COC(=O)c1cc(C)ccc1NC(=O)C1CCCS1. The minimum absolute atomic E-state index is 0.00759. The minimum Gasteiger partial charge on any atom is -0.465 e. The van der Waals surface area contributed by atoms with Gasteiger partial charge >= 0.3 is 5.97 Å². The molecule has 1 amide bonds. The molecular weight excluding hydrogens is 262 g/mol. The summed E-state index contributed by atoms with van der Waals surface area (Å²) >= 11 is 1.66. The predicted molar refractivity (Wildman–Crippen MR) is 76.6 cm³/mol. The van der Waals surface area contributed by atoms with Crippen LogP contribution in [0.1, 0.15) is 28.8 Å². The van der Waals surface area contributed by atoms with Crippen LogP contribution in [0.5, 0.6) is 0 Å². The lowest BCUT2D eigenvalue weighted by molar-refractivity contribution is -0.115. The standard InChI is InChI=1S/C14H17NO3S/c1-9-5-6-11(10(8-9)14(17)18-2)15-13(16)12-4-3-7-19-12/h5-6,8,12H,3-4,7H2,1-2H3,(H,15,16). The summed E-state index contributed by atoms with van der Waals surface area (Å²) in [6.07, 6.45) is 1.97. The first-order valence-corrected chi connectivity index (χ1v) is 7.28. The van der Waals surface area contributed by atoms with Crippen LogP contribution in [-0.2, 0) is 9.53 Å². The van der Waals surface area contributed by atoms with E-state index in [1.165, 1.54) is 7.11 Å². The van der Waals surface area contributed by atoms with E-state index in [1.807, 2.05) is 13.0 Å². The molecular formula is C14H17NO3S. The zero-order chi connectivity index (χ0) is 13.8. The Balaban J connectivity index is 2.19. The van der Waals surface area contributed by atoms with E-state index in [1.54, 1.807) is 23.9 Å². The molecule has 1 N–H and O–H groups in total. The number of benzene rings is 1. The molecule has 0 saturated carbocycles. The van der Waals surface area contributed by atoms with Crippen LogP contribution in [0.2, 0.25) is 0 Å². The Morgan fingerprint density at radius 2 is 2.21 bits per heavy atom. The molecule has 1 unspecified atom stereocenters. The molecule has 1 aromatic carbocycles.